The van der Waals surface area contributed by atoms with Gasteiger partial charge in [0.2, 0.25) is 0 Å². The van der Waals surface area contributed by atoms with Gasteiger partial charge >= 0.3 is 0 Å². The molecule has 5 nitrogen and oxygen atoms in total. The summed E-state index contributed by atoms with van der Waals surface area (Å²) in [6, 6.07) is 11.9. The van der Waals surface area contributed by atoms with Crippen LogP contribution >= 0.6 is 15.9 Å². The Hall–Kier alpha value is -2.34. The molecule has 0 aromatic heterocycles. The molecular weight excluding hydrogens is 384 g/mol. The van der Waals surface area contributed by atoms with Gasteiger partial charge in [0, 0.05) is 23.9 Å². The van der Waals surface area contributed by atoms with Crippen molar-refractivity contribution in [1.82, 2.24) is 5.32 Å². The van der Waals surface area contributed by atoms with E-state index >= 15 is 0 Å². The van der Waals surface area contributed by atoms with E-state index in [-0.39, 0.29) is 11.8 Å². The van der Waals surface area contributed by atoms with Gasteiger partial charge in [-0.2, -0.15) is 0 Å². The SMILES string of the molecule is CCCCOc1ccc(C(=O)Nc2ccc(C(=O)NC)cc2)cc1Br. The zero-order valence-corrected chi connectivity index (χ0v) is 15.9. The van der Waals surface area contributed by atoms with Gasteiger partial charge in [-0.05, 0) is 64.8 Å². The predicted molar refractivity (Wildman–Crippen MR) is 102 cm³/mol. The molecule has 2 rings (SSSR count). The van der Waals surface area contributed by atoms with Crippen LogP contribution in [0.2, 0.25) is 0 Å². The van der Waals surface area contributed by atoms with Gasteiger partial charge in [-0.25, -0.2) is 0 Å². The maximum absolute atomic E-state index is 12.4. The van der Waals surface area contributed by atoms with Crippen LogP contribution in [-0.4, -0.2) is 25.5 Å². The van der Waals surface area contributed by atoms with Crippen molar-refractivity contribution in [2.45, 2.75) is 19.8 Å². The molecule has 0 aliphatic heterocycles. The predicted octanol–water partition coefficient (Wildman–Crippen LogP) is 4.24. The van der Waals surface area contributed by atoms with Crippen LogP contribution < -0.4 is 15.4 Å². The zero-order valence-electron chi connectivity index (χ0n) is 14.3. The summed E-state index contributed by atoms with van der Waals surface area (Å²) >= 11 is 3.44. The number of ether oxygens (including phenoxy) is 1. The Balaban J connectivity index is 2.03. The second-order valence-electron chi connectivity index (χ2n) is 5.46. The van der Waals surface area contributed by atoms with E-state index in [2.05, 4.69) is 33.5 Å². The molecule has 0 spiro atoms. The minimum Gasteiger partial charge on any atom is -0.492 e. The summed E-state index contributed by atoms with van der Waals surface area (Å²) in [5.74, 6) is 0.328. The maximum Gasteiger partial charge on any atom is 0.255 e. The second kappa shape index (κ2) is 9.22. The third kappa shape index (κ3) is 5.32. The maximum atomic E-state index is 12.4. The Morgan fingerprint density at radius 1 is 1.04 bits per heavy atom. The summed E-state index contributed by atoms with van der Waals surface area (Å²) in [6.45, 7) is 2.76. The molecule has 0 saturated carbocycles. The topological polar surface area (TPSA) is 67.4 Å². The molecule has 2 N–H and O–H groups in total. The van der Waals surface area contributed by atoms with Crippen LogP contribution in [0, 0.1) is 0 Å². The molecule has 0 saturated heterocycles. The van der Waals surface area contributed by atoms with Crippen LogP contribution in [0.15, 0.2) is 46.9 Å². The summed E-state index contributed by atoms with van der Waals surface area (Å²) in [5.41, 5.74) is 1.68. The van der Waals surface area contributed by atoms with E-state index in [1.54, 1.807) is 49.5 Å². The first kappa shape index (κ1) is 19.0. The van der Waals surface area contributed by atoms with Gasteiger partial charge in [0.1, 0.15) is 5.75 Å². The number of nitrogens with one attached hydrogen (secondary N) is 2. The molecule has 0 aliphatic rings. The lowest BCUT2D eigenvalue weighted by molar-refractivity contribution is 0.0962. The van der Waals surface area contributed by atoms with Gasteiger partial charge in [0.05, 0.1) is 11.1 Å². The first-order chi connectivity index (χ1) is 12.0. The van der Waals surface area contributed by atoms with Crippen LogP contribution in [0.4, 0.5) is 5.69 Å². The van der Waals surface area contributed by atoms with Crippen molar-refractivity contribution in [1.29, 1.82) is 0 Å². The number of carbonyl (C=O) groups is 2. The number of amides is 2. The number of anilines is 1. The average Bonchev–Trinajstić information content (AvgIpc) is 2.63. The number of rotatable bonds is 7. The van der Waals surface area contributed by atoms with E-state index in [1.807, 2.05) is 0 Å². The lowest BCUT2D eigenvalue weighted by atomic mass is 10.1. The van der Waals surface area contributed by atoms with Crippen LogP contribution in [0.5, 0.6) is 5.75 Å². The fourth-order valence-electron chi connectivity index (χ4n) is 2.14. The minimum atomic E-state index is -0.228. The smallest absolute Gasteiger partial charge is 0.255 e. The Bertz CT molecular complexity index is 745. The molecule has 2 amide bonds. The van der Waals surface area contributed by atoms with Crippen LogP contribution in [0.1, 0.15) is 40.5 Å². The van der Waals surface area contributed by atoms with Crippen molar-refractivity contribution < 1.29 is 14.3 Å². The van der Waals surface area contributed by atoms with Crippen molar-refractivity contribution >= 4 is 33.4 Å². The van der Waals surface area contributed by atoms with Gasteiger partial charge in [0.15, 0.2) is 0 Å². The normalized spacial score (nSPS) is 10.2. The fourth-order valence-corrected chi connectivity index (χ4v) is 2.63. The van der Waals surface area contributed by atoms with Crippen molar-refractivity contribution in [3.8, 4) is 5.75 Å². The second-order valence-corrected chi connectivity index (χ2v) is 6.31. The van der Waals surface area contributed by atoms with Crippen LogP contribution in [0.3, 0.4) is 0 Å². The molecule has 2 aromatic carbocycles. The van der Waals surface area contributed by atoms with Gasteiger partial charge in [-0.1, -0.05) is 13.3 Å². The molecule has 0 bridgehead atoms. The molecule has 6 heteroatoms. The van der Waals surface area contributed by atoms with Gasteiger partial charge in [0.25, 0.3) is 11.8 Å². The standard InChI is InChI=1S/C19H21BrN2O3/c1-3-4-11-25-17-10-7-14(12-16(17)20)19(24)22-15-8-5-13(6-9-15)18(23)21-2/h5-10,12H,3-4,11H2,1-2H3,(H,21,23)(H,22,24). The number of hydrogen-bond donors (Lipinski definition) is 2. The van der Waals surface area contributed by atoms with Crippen molar-refractivity contribution in [2.24, 2.45) is 0 Å². The summed E-state index contributed by atoms with van der Waals surface area (Å²) < 4.78 is 6.40. The molecule has 2 aromatic rings. The Labute approximate surface area is 155 Å². The minimum absolute atomic E-state index is 0.166. The molecular formula is C19H21BrN2O3. The average molecular weight is 405 g/mol. The summed E-state index contributed by atoms with van der Waals surface area (Å²) in [6.07, 6.45) is 2.05. The first-order valence-electron chi connectivity index (χ1n) is 8.11. The molecule has 0 aliphatic carbocycles. The fraction of sp³-hybridized carbons (Fsp3) is 0.263. The highest BCUT2D eigenvalue weighted by molar-refractivity contribution is 9.10. The first-order valence-corrected chi connectivity index (χ1v) is 8.90. The highest BCUT2D eigenvalue weighted by Crippen LogP contribution is 2.26. The van der Waals surface area contributed by atoms with E-state index in [9.17, 15) is 9.59 Å². The molecule has 0 atom stereocenters. The van der Waals surface area contributed by atoms with Crippen LogP contribution in [0.25, 0.3) is 0 Å². The summed E-state index contributed by atoms with van der Waals surface area (Å²) in [7, 11) is 1.57. The van der Waals surface area contributed by atoms with E-state index < -0.39 is 0 Å². The summed E-state index contributed by atoms with van der Waals surface area (Å²) in [4.78, 5) is 23.9. The number of halogens is 1. The number of carbonyl (C=O) groups excluding carboxylic acids is 2. The number of unbranched alkanes of at least 4 members (excludes halogenated alkanes) is 1. The van der Waals surface area contributed by atoms with Crippen molar-refractivity contribution in [3.63, 3.8) is 0 Å². The molecule has 0 heterocycles. The molecule has 132 valence electrons. The Morgan fingerprint density at radius 2 is 1.72 bits per heavy atom. The third-order valence-electron chi connectivity index (χ3n) is 3.58. The highest BCUT2D eigenvalue weighted by atomic mass is 79.9. The summed E-state index contributed by atoms with van der Waals surface area (Å²) in [5, 5.41) is 5.36. The van der Waals surface area contributed by atoms with Gasteiger partial charge in [-0.15, -0.1) is 0 Å². The zero-order chi connectivity index (χ0) is 18.2. The lowest BCUT2D eigenvalue weighted by Crippen LogP contribution is -2.17. The molecule has 25 heavy (non-hydrogen) atoms. The molecule has 0 radical (unpaired) electrons. The van der Waals surface area contributed by atoms with E-state index in [1.165, 1.54) is 0 Å². The Kier molecular flexibility index (Phi) is 7.01. The van der Waals surface area contributed by atoms with E-state index in [0.717, 1.165) is 23.1 Å². The van der Waals surface area contributed by atoms with Crippen molar-refractivity contribution in [2.75, 3.05) is 19.0 Å². The number of benzene rings is 2. The molecule has 0 fully saturated rings. The lowest BCUT2D eigenvalue weighted by Gasteiger charge is -2.10. The van der Waals surface area contributed by atoms with Gasteiger partial charge < -0.3 is 15.4 Å². The van der Waals surface area contributed by atoms with Crippen molar-refractivity contribution in [3.05, 3.63) is 58.1 Å². The largest absolute Gasteiger partial charge is 0.492 e. The Morgan fingerprint density at radius 3 is 2.32 bits per heavy atom. The van der Waals surface area contributed by atoms with Gasteiger partial charge in [-0.3, -0.25) is 9.59 Å². The molecule has 0 unspecified atom stereocenters. The number of hydrogen-bond acceptors (Lipinski definition) is 3. The van der Waals surface area contributed by atoms with E-state index in [4.69, 9.17) is 4.74 Å². The highest BCUT2D eigenvalue weighted by Gasteiger charge is 2.10. The van der Waals surface area contributed by atoms with E-state index in [0.29, 0.717) is 23.4 Å². The third-order valence-corrected chi connectivity index (χ3v) is 4.20. The van der Waals surface area contributed by atoms with Crippen LogP contribution in [-0.2, 0) is 0 Å². The quantitative estimate of drug-likeness (QED) is 0.678. The monoisotopic (exact) mass is 404 g/mol.